The summed E-state index contributed by atoms with van der Waals surface area (Å²) < 4.78 is 28.9. The number of carbonyl (C=O) groups excluding carboxylic acids is 1. The van der Waals surface area contributed by atoms with Gasteiger partial charge in [-0.1, -0.05) is 42.4 Å². The summed E-state index contributed by atoms with van der Waals surface area (Å²) in [7, 11) is -3.56. The summed E-state index contributed by atoms with van der Waals surface area (Å²) in [4.78, 5) is 12.7. The van der Waals surface area contributed by atoms with Gasteiger partial charge in [-0.2, -0.15) is 8.99 Å². The quantitative estimate of drug-likeness (QED) is 0.527. The van der Waals surface area contributed by atoms with Gasteiger partial charge in [0, 0.05) is 18.8 Å². The van der Waals surface area contributed by atoms with E-state index in [1.54, 1.807) is 22.9 Å². The van der Waals surface area contributed by atoms with Crippen LogP contribution < -0.4 is 5.32 Å². The topological polar surface area (TPSA) is 110 Å². The van der Waals surface area contributed by atoms with E-state index < -0.39 is 10.0 Å². The Hall–Kier alpha value is -2.76. The predicted molar refractivity (Wildman–Crippen MR) is 122 cm³/mol. The molecule has 9 nitrogen and oxygen atoms in total. The van der Waals surface area contributed by atoms with Crippen molar-refractivity contribution >= 4 is 33.4 Å². The highest BCUT2D eigenvalue weighted by molar-refractivity contribution is 7.99. The number of aromatic nitrogens is 4. The molecule has 0 aliphatic carbocycles. The number of anilines is 1. The van der Waals surface area contributed by atoms with Gasteiger partial charge in [-0.25, -0.2) is 8.42 Å². The highest BCUT2D eigenvalue weighted by Gasteiger charge is 2.26. The number of rotatable bonds is 7. The number of hydrogen-bond donors (Lipinski definition) is 1. The van der Waals surface area contributed by atoms with Crippen LogP contribution in [0.4, 0.5) is 5.69 Å². The first-order chi connectivity index (χ1) is 15.4. The Kier molecular flexibility index (Phi) is 6.87. The Bertz CT molecular complexity index is 1210. The second-order valence-corrected chi connectivity index (χ2v) is 10.4. The third-order valence-corrected chi connectivity index (χ3v) is 8.00. The van der Waals surface area contributed by atoms with Crippen molar-refractivity contribution in [1.29, 1.82) is 0 Å². The van der Waals surface area contributed by atoms with Crippen LogP contribution in [0, 0.1) is 6.92 Å². The van der Waals surface area contributed by atoms with Crippen LogP contribution in [0.1, 0.15) is 24.8 Å². The molecule has 1 N–H and O–H groups in total. The van der Waals surface area contributed by atoms with Crippen molar-refractivity contribution in [1.82, 2.24) is 24.5 Å². The SMILES string of the molecule is Cc1ccccc1-n1nnnc1SCC(=O)Nc1cccc(S(=O)(=O)N2CCCCC2)c1. The summed E-state index contributed by atoms with van der Waals surface area (Å²) in [6, 6.07) is 14.1. The highest BCUT2D eigenvalue weighted by atomic mass is 32.2. The average Bonchev–Trinajstić information content (AvgIpc) is 3.27. The molecule has 0 bridgehead atoms. The zero-order valence-electron chi connectivity index (χ0n) is 17.6. The molecule has 0 saturated carbocycles. The van der Waals surface area contributed by atoms with Gasteiger partial charge in [-0.15, -0.1) is 5.10 Å². The number of tetrazole rings is 1. The maximum absolute atomic E-state index is 12.9. The van der Waals surface area contributed by atoms with Crippen LogP contribution in [-0.4, -0.2) is 57.7 Å². The molecule has 11 heteroatoms. The molecule has 0 atom stereocenters. The number of carbonyl (C=O) groups is 1. The summed E-state index contributed by atoms with van der Waals surface area (Å²) in [5.41, 5.74) is 2.29. The minimum absolute atomic E-state index is 0.0787. The number of hydrogen-bond acceptors (Lipinski definition) is 7. The van der Waals surface area contributed by atoms with E-state index in [1.807, 2.05) is 31.2 Å². The Balaban J connectivity index is 1.41. The molecule has 0 unspecified atom stereocenters. The molecule has 0 spiro atoms. The second kappa shape index (κ2) is 9.80. The lowest BCUT2D eigenvalue weighted by atomic mass is 10.2. The number of thioether (sulfide) groups is 1. The van der Waals surface area contributed by atoms with Gasteiger partial charge in [-0.05, 0) is 60.0 Å². The zero-order chi connectivity index (χ0) is 22.6. The van der Waals surface area contributed by atoms with E-state index in [1.165, 1.54) is 22.1 Å². The van der Waals surface area contributed by atoms with Gasteiger partial charge < -0.3 is 5.32 Å². The smallest absolute Gasteiger partial charge is 0.243 e. The molecule has 1 fully saturated rings. The van der Waals surface area contributed by atoms with Crippen LogP contribution in [-0.2, 0) is 14.8 Å². The molecule has 0 radical (unpaired) electrons. The van der Waals surface area contributed by atoms with Gasteiger partial charge >= 0.3 is 0 Å². The molecule has 3 aromatic rings. The van der Waals surface area contributed by atoms with E-state index in [0.29, 0.717) is 23.9 Å². The Labute approximate surface area is 191 Å². The van der Waals surface area contributed by atoms with E-state index in [9.17, 15) is 13.2 Å². The zero-order valence-corrected chi connectivity index (χ0v) is 19.3. The highest BCUT2D eigenvalue weighted by Crippen LogP contribution is 2.24. The minimum atomic E-state index is -3.56. The molecule has 168 valence electrons. The van der Waals surface area contributed by atoms with Crippen molar-refractivity contribution in [3.63, 3.8) is 0 Å². The summed E-state index contributed by atoms with van der Waals surface area (Å²) in [6.45, 7) is 3.03. The number of benzene rings is 2. The van der Waals surface area contributed by atoms with Crippen molar-refractivity contribution in [3.8, 4) is 5.69 Å². The molecule has 1 aromatic heterocycles. The lowest BCUT2D eigenvalue weighted by molar-refractivity contribution is -0.113. The van der Waals surface area contributed by atoms with Gasteiger partial charge in [0.1, 0.15) is 0 Å². The Morgan fingerprint density at radius 1 is 1.09 bits per heavy atom. The van der Waals surface area contributed by atoms with Crippen molar-refractivity contribution in [2.24, 2.45) is 0 Å². The van der Waals surface area contributed by atoms with Gasteiger partial charge in [0.2, 0.25) is 21.1 Å². The van der Waals surface area contributed by atoms with Crippen molar-refractivity contribution in [3.05, 3.63) is 54.1 Å². The molecular formula is C21H24N6O3S2. The fourth-order valence-electron chi connectivity index (χ4n) is 3.54. The molecule has 1 aliphatic heterocycles. The van der Waals surface area contributed by atoms with Crippen LogP contribution in [0.3, 0.4) is 0 Å². The third-order valence-electron chi connectivity index (χ3n) is 5.19. The molecule has 32 heavy (non-hydrogen) atoms. The van der Waals surface area contributed by atoms with Crippen LogP contribution in [0.15, 0.2) is 58.6 Å². The first kappa shape index (κ1) is 22.4. The minimum Gasteiger partial charge on any atom is -0.325 e. The van der Waals surface area contributed by atoms with E-state index in [0.717, 1.165) is 30.5 Å². The van der Waals surface area contributed by atoms with E-state index >= 15 is 0 Å². The molecular weight excluding hydrogens is 448 g/mol. The number of sulfonamides is 1. The lowest BCUT2D eigenvalue weighted by Crippen LogP contribution is -2.35. The second-order valence-electron chi connectivity index (χ2n) is 7.49. The monoisotopic (exact) mass is 472 g/mol. The molecule has 2 aromatic carbocycles. The fourth-order valence-corrected chi connectivity index (χ4v) is 5.78. The normalized spacial score (nSPS) is 14.9. The van der Waals surface area contributed by atoms with E-state index in [2.05, 4.69) is 20.8 Å². The van der Waals surface area contributed by atoms with Crippen molar-refractivity contribution in [2.45, 2.75) is 36.2 Å². The van der Waals surface area contributed by atoms with Crippen LogP contribution >= 0.6 is 11.8 Å². The Morgan fingerprint density at radius 2 is 1.88 bits per heavy atom. The van der Waals surface area contributed by atoms with Gasteiger partial charge in [0.25, 0.3) is 0 Å². The molecule has 2 heterocycles. The van der Waals surface area contributed by atoms with Gasteiger partial charge in [0.15, 0.2) is 0 Å². The third kappa shape index (κ3) is 5.00. The average molecular weight is 473 g/mol. The van der Waals surface area contributed by atoms with Gasteiger partial charge in [-0.3, -0.25) is 4.79 Å². The molecule has 1 aliphatic rings. The number of para-hydroxylation sites is 1. The number of nitrogens with zero attached hydrogens (tertiary/aromatic N) is 5. The first-order valence-electron chi connectivity index (χ1n) is 10.3. The number of piperidine rings is 1. The van der Waals surface area contributed by atoms with Gasteiger partial charge in [0.05, 0.1) is 16.3 Å². The van der Waals surface area contributed by atoms with Crippen LogP contribution in [0.2, 0.25) is 0 Å². The van der Waals surface area contributed by atoms with E-state index in [-0.39, 0.29) is 16.6 Å². The Morgan fingerprint density at radius 3 is 2.66 bits per heavy atom. The fraction of sp³-hybridized carbons (Fsp3) is 0.333. The number of aryl methyl sites for hydroxylation is 1. The summed E-state index contributed by atoms with van der Waals surface area (Å²) in [5, 5.41) is 15.0. The summed E-state index contributed by atoms with van der Waals surface area (Å²) in [6.07, 6.45) is 2.79. The van der Waals surface area contributed by atoms with Crippen molar-refractivity contribution in [2.75, 3.05) is 24.2 Å². The summed E-state index contributed by atoms with van der Waals surface area (Å²) in [5.74, 6) is -0.197. The van der Waals surface area contributed by atoms with E-state index in [4.69, 9.17) is 0 Å². The summed E-state index contributed by atoms with van der Waals surface area (Å²) >= 11 is 1.21. The molecule has 4 rings (SSSR count). The van der Waals surface area contributed by atoms with Crippen LogP contribution in [0.5, 0.6) is 0 Å². The molecule has 1 saturated heterocycles. The van der Waals surface area contributed by atoms with Crippen LogP contribution in [0.25, 0.3) is 5.69 Å². The largest absolute Gasteiger partial charge is 0.325 e. The first-order valence-corrected chi connectivity index (χ1v) is 12.7. The maximum Gasteiger partial charge on any atom is 0.243 e. The standard InChI is InChI=1S/C21H24N6O3S2/c1-16-8-3-4-11-19(16)27-21(23-24-25-27)31-15-20(28)22-17-9-7-10-18(14-17)32(29,30)26-12-5-2-6-13-26/h3-4,7-11,14H,2,5-6,12-13,15H2,1H3,(H,22,28). The predicted octanol–water partition coefficient (Wildman–Crippen LogP) is 2.88. The lowest BCUT2D eigenvalue weighted by Gasteiger charge is -2.26. The number of amides is 1. The number of nitrogens with one attached hydrogen (secondary N) is 1. The van der Waals surface area contributed by atoms with Crippen molar-refractivity contribution < 1.29 is 13.2 Å². The molecule has 1 amide bonds. The maximum atomic E-state index is 12.9.